The first kappa shape index (κ1) is 14.3. The molecule has 4 heteroatoms. The molecule has 112 valence electrons. The zero-order chi connectivity index (χ0) is 15.7. The molecule has 0 unspecified atom stereocenters. The standard InChI is InChI=1S/C18H18N2O2/c1-18(2,3)13-8-6-12(7-9-13)16-20-15(17(21)22-16)11-14-5-4-10-19-14/h4-11,19H,1-3H3/b15-11+. The van der Waals surface area contributed by atoms with E-state index in [9.17, 15) is 4.79 Å². The summed E-state index contributed by atoms with van der Waals surface area (Å²) in [6.07, 6.45) is 3.47. The van der Waals surface area contributed by atoms with Crippen molar-refractivity contribution in [3.05, 3.63) is 65.1 Å². The molecule has 1 aliphatic rings. The molecule has 1 N–H and O–H groups in total. The number of ether oxygens (including phenoxy) is 1. The van der Waals surface area contributed by atoms with E-state index < -0.39 is 5.97 Å². The lowest BCUT2D eigenvalue weighted by molar-refractivity contribution is -0.129. The lowest BCUT2D eigenvalue weighted by Crippen LogP contribution is -2.11. The number of rotatable bonds is 2. The average Bonchev–Trinajstić information content (AvgIpc) is 3.09. The third-order valence-corrected chi connectivity index (χ3v) is 3.53. The van der Waals surface area contributed by atoms with E-state index in [4.69, 9.17) is 4.74 Å². The van der Waals surface area contributed by atoms with Gasteiger partial charge in [-0.2, -0.15) is 0 Å². The van der Waals surface area contributed by atoms with Crippen molar-refractivity contribution in [2.45, 2.75) is 26.2 Å². The molecule has 22 heavy (non-hydrogen) atoms. The number of nitrogens with one attached hydrogen (secondary N) is 1. The van der Waals surface area contributed by atoms with Gasteiger partial charge in [0, 0.05) is 17.5 Å². The predicted molar refractivity (Wildman–Crippen MR) is 86.5 cm³/mol. The molecule has 2 heterocycles. The number of aromatic amines is 1. The molecule has 2 aromatic rings. The molecule has 0 amide bonds. The van der Waals surface area contributed by atoms with Crippen molar-refractivity contribution in [1.82, 2.24) is 4.98 Å². The number of nitrogens with zero attached hydrogens (tertiary/aromatic N) is 1. The number of aromatic nitrogens is 1. The second-order valence-electron chi connectivity index (χ2n) is 6.29. The van der Waals surface area contributed by atoms with E-state index in [1.807, 2.05) is 36.4 Å². The number of hydrogen-bond donors (Lipinski definition) is 1. The van der Waals surface area contributed by atoms with Crippen LogP contribution in [0.1, 0.15) is 37.6 Å². The van der Waals surface area contributed by atoms with Gasteiger partial charge in [-0.25, -0.2) is 9.79 Å². The number of carbonyl (C=O) groups is 1. The molecule has 1 aliphatic heterocycles. The van der Waals surface area contributed by atoms with Crippen LogP contribution in [0.5, 0.6) is 0 Å². The Morgan fingerprint density at radius 2 is 1.86 bits per heavy atom. The number of aliphatic imine (C=N–C) groups is 1. The first-order valence-corrected chi connectivity index (χ1v) is 7.20. The maximum absolute atomic E-state index is 11.9. The van der Waals surface area contributed by atoms with Gasteiger partial charge in [0.15, 0.2) is 5.70 Å². The maximum atomic E-state index is 11.9. The van der Waals surface area contributed by atoms with Crippen molar-refractivity contribution in [3.8, 4) is 0 Å². The van der Waals surface area contributed by atoms with Crippen LogP contribution < -0.4 is 0 Å². The second kappa shape index (κ2) is 5.30. The smallest absolute Gasteiger partial charge is 0.363 e. The van der Waals surface area contributed by atoms with Crippen LogP contribution in [0.4, 0.5) is 0 Å². The highest BCUT2D eigenvalue weighted by Gasteiger charge is 2.24. The summed E-state index contributed by atoms with van der Waals surface area (Å²) in [6, 6.07) is 11.7. The summed E-state index contributed by atoms with van der Waals surface area (Å²) in [7, 11) is 0. The number of cyclic esters (lactones) is 1. The van der Waals surface area contributed by atoms with Crippen LogP contribution >= 0.6 is 0 Å². The van der Waals surface area contributed by atoms with Gasteiger partial charge < -0.3 is 9.72 Å². The lowest BCUT2D eigenvalue weighted by atomic mass is 9.87. The van der Waals surface area contributed by atoms with E-state index >= 15 is 0 Å². The normalized spacial score (nSPS) is 16.8. The van der Waals surface area contributed by atoms with Gasteiger partial charge in [0.1, 0.15) is 0 Å². The molecule has 0 bridgehead atoms. The van der Waals surface area contributed by atoms with Crippen LogP contribution in [0, 0.1) is 0 Å². The molecule has 1 aromatic carbocycles. The highest BCUT2D eigenvalue weighted by molar-refractivity contribution is 6.12. The molecule has 0 fully saturated rings. The fraction of sp³-hybridized carbons (Fsp3) is 0.222. The van der Waals surface area contributed by atoms with Gasteiger partial charge in [0.25, 0.3) is 0 Å². The van der Waals surface area contributed by atoms with Gasteiger partial charge in [0.2, 0.25) is 5.90 Å². The van der Waals surface area contributed by atoms with Gasteiger partial charge in [-0.05, 0) is 41.3 Å². The summed E-state index contributed by atoms with van der Waals surface area (Å²) < 4.78 is 5.26. The quantitative estimate of drug-likeness (QED) is 0.679. The van der Waals surface area contributed by atoms with E-state index in [1.54, 1.807) is 12.3 Å². The summed E-state index contributed by atoms with van der Waals surface area (Å²) in [6.45, 7) is 6.48. The predicted octanol–water partition coefficient (Wildman–Crippen LogP) is 3.66. The van der Waals surface area contributed by atoms with Gasteiger partial charge in [-0.3, -0.25) is 0 Å². The number of hydrogen-bond acceptors (Lipinski definition) is 3. The molecule has 0 atom stereocenters. The Labute approximate surface area is 129 Å². The van der Waals surface area contributed by atoms with Crippen LogP contribution in [0.2, 0.25) is 0 Å². The maximum Gasteiger partial charge on any atom is 0.363 e. The van der Waals surface area contributed by atoms with Crippen LogP contribution in [0.3, 0.4) is 0 Å². The molecule has 0 spiro atoms. The fourth-order valence-electron chi connectivity index (χ4n) is 2.23. The average molecular weight is 294 g/mol. The number of carbonyl (C=O) groups excluding carboxylic acids is 1. The number of H-pyrrole nitrogens is 1. The lowest BCUT2D eigenvalue weighted by Gasteiger charge is -2.18. The van der Waals surface area contributed by atoms with Gasteiger partial charge >= 0.3 is 5.97 Å². The molecule has 0 saturated carbocycles. The minimum atomic E-state index is -0.426. The largest absolute Gasteiger partial charge is 0.402 e. The molecule has 0 aliphatic carbocycles. The molecule has 4 nitrogen and oxygen atoms in total. The minimum Gasteiger partial charge on any atom is -0.402 e. The Morgan fingerprint density at radius 3 is 2.45 bits per heavy atom. The zero-order valence-corrected chi connectivity index (χ0v) is 12.9. The van der Waals surface area contributed by atoms with Crippen molar-refractivity contribution in [2.24, 2.45) is 4.99 Å². The summed E-state index contributed by atoms with van der Waals surface area (Å²) in [5.41, 5.74) is 3.24. The van der Waals surface area contributed by atoms with E-state index in [0.717, 1.165) is 11.3 Å². The number of benzene rings is 1. The van der Waals surface area contributed by atoms with E-state index in [0.29, 0.717) is 11.6 Å². The van der Waals surface area contributed by atoms with E-state index in [2.05, 4.69) is 30.7 Å². The highest BCUT2D eigenvalue weighted by atomic mass is 16.6. The van der Waals surface area contributed by atoms with Crippen LogP contribution in [-0.4, -0.2) is 16.9 Å². The number of esters is 1. The van der Waals surface area contributed by atoms with E-state index in [1.165, 1.54) is 5.56 Å². The van der Waals surface area contributed by atoms with Crippen molar-refractivity contribution in [1.29, 1.82) is 0 Å². The van der Waals surface area contributed by atoms with Crippen LogP contribution in [0.15, 0.2) is 53.3 Å². The molecular formula is C18H18N2O2. The van der Waals surface area contributed by atoms with Gasteiger partial charge in [-0.15, -0.1) is 0 Å². The first-order chi connectivity index (χ1) is 10.4. The fourth-order valence-corrected chi connectivity index (χ4v) is 2.23. The van der Waals surface area contributed by atoms with Gasteiger partial charge in [-0.1, -0.05) is 32.9 Å². The third kappa shape index (κ3) is 2.86. The Bertz CT molecular complexity index is 745. The van der Waals surface area contributed by atoms with Gasteiger partial charge in [0.05, 0.1) is 0 Å². The van der Waals surface area contributed by atoms with Crippen molar-refractivity contribution >= 4 is 17.9 Å². The summed E-state index contributed by atoms with van der Waals surface area (Å²) >= 11 is 0. The monoisotopic (exact) mass is 294 g/mol. The topological polar surface area (TPSA) is 54.5 Å². The SMILES string of the molecule is CC(C)(C)c1ccc(C2=N/C(=C/c3ccc[nH]3)C(=O)O2)cc1. The zero-order valence-electron chi connectivity index (χ0n) is 12.9. The highest BCUT2D eigenvalue weighted by Crippen LogP contribution is 2.24. The minimum absolute atomic E-state index is 0.0887. The molecule has 3 rings (SSSR count). The molecule has 1 aromatic heterocycles. The third-order valence-electron chi connectivity index (χ3n) is 3.53. The molecular weight excluding hydrogens is 276 g/mol. The Kier molecular flexibility index (Phi) is 3.45. The van der Waals surface area contributed by atoms with Crippen molar-refractivity contribution in [2.75, 3.05) is 0 Å². The van der Waals surface area contributed by atoms with Crippen molar-refractivity contribution < 1.29 is 9.53 Å². The Morgan fingerprint density at radius 1 is 1.14 bits per heavy atom. The van der Waals surface area contributed by atoms with E-state index in [-0.39, 0.29) is 5.41 Å². The van der Waals surface area contributed by atoms with Crippen LogP contribution in [-0.2, 0) is 14.9 Å². The molecule has 0 radical (unpaired) electrons. The molecule has 0 saturated heterocycles. The van der Waals surface area contributed by atoms with Crippen molar-refractivity contribution in [3.63, 3.8) is 0 Å². The Hall–Kier alpha value is -2.62. The van der Waals surface area contributed by atoms with Crippen LogP contribution in [0.25, 0.3) is 6.08 Å². The summed E-state index contributed by atoms with van der Waals surface area (Å²) in [5.74, 6) is -0.0761. The summed E-state index contributed by atoms with van der Waals surface area (Å²) in [4.78, 5) is 19.2. The first-order valence-electron chi connectivity index (χ1n) is 7.20. The summed E-state index contributed by atoms with van der Waals surface area (Å²) in [5, 5.41) is 0. The second-order valence-corrected chi connectivity index (χ2v) is 6.29. The Balaban J connectivity index is 1.88.